The summed E-state index contributed by atoms with van der Waals surface area (Å²) in [6, 6.07) is 8.81. The quantitative estimate of drug-likeness (QED) is 0.671. The SMILES string of the molecule is CC(C)(P)c1cccc(C(C)(C)P)c1. The maximum atomic E-state index is 2.89. The van der Waals surface area contributed by atoms with Crippen LogP contribution in [0.4, 0.5) is 0 Å². The van der Waals surface area contributed by atoms with Gasteiger partial charge in [0, 0.05) is 10.3 Å². The summed E-state index contributed by atoms with van der Waals surface area (Å²) in [6.45, 7) is 8.86. The average molecular weight is 226 g/mol. The standard InChI is InChI=1S/C12H20P2/c1-11(2,13)9-6-5-7-10(8-9)12(3,4)14/h5-8H,13-14H2,1-4H3. The molecule has 0 radical (unpaired) electrons. The predicted molar refractivity (Wildman–Crippen MR) is 71.9 cm³/mol. The van der Waals surface area contributed by atoms with Crippen LogP contribution in [0, 0.1) is 0 Å². The fraction of sp³-hybridized carbons (Fsp3) is 0.500. The van der Waals surface area contributed by atoms with Crippen LogP contribution < -0.4 is 0 Å². The van der Waals surface area contributed by atoms with E-state index in [2.05, 4.69) is 70.4 Å². The Balaban J connectivity index is 3.15. The Morgan fingerprint density at radius 1 is 0.857 bits per heavy atom. The third-order valence-electron chi connectivity index (χ3n) is 2.35. The Hall–Kier alpha value is 0.0800. The monoisotopic (exact) mass is 226 g/mol. The molecule has 0 spiro atoms. The van der Waals surface area contributed by atoms with Gasteiger partial charge in [-0.3, -0.25) is 0 Å². The molecule has 2 atom stereocenters. The van der Waals surface area contributed by atoms with Crippen LogP contribution in [0.5, 0.6) is 0 Å². The van der Waals surface area contributed by atoms with E-state index in [9.17, 15) is 0 Å². The van der Waals surface area contributed by atoms with Crippen molar-refractivity contribution in [2.24, 2.45) is 0 Å². The molecule has 1 rings (SSSR count). The van der Waals surface area contributed by atoms with Crippen molar-refractivity contribution in [3.8, 4) is 0 Å². The molecule has 0 aromatic heterocycles. The lowest BCUT2D eigenvalue weighted by Crippen LogP contribution is -2.11. The zero-order valence-corrected chi connectivity index (χ0v) is 11.8. The second-order valence-electron chi connectivity index (χ2n) is 5.02. The average Bonchev–Trinajstić information content (AvgIpc) is 2.01. The van der Waals surface area contributed by atoms with Crippen molar-refractivity contribution in [1.29, 1.82) is 0 Å². The van der Waals surface area contributed by atoms with Gasteiger partial charge in [0.25, 0.3) is 0 Å². The Kier molecular flexibility index (Phi) is 3.40. The molecule has 14 heavy (non-hydrogen) atoms. The summed E-state index contributed by atoms with van der Waals surface area (Å²) in [4.78, 5) is 0. The van der Waals surface area contributed by atoms with Gasteiger partial charge in [0.2, 0.25) is 0 Å². The largest absolute Gasteiger partial charge is 0.127 e. The van der Waals surface area contributed by atoms with Gasteiger partial charge < -0.3 is 0 Å². The van der Waals surface area contributed by atoms with Gasteiger partial charge in [-0.15, -0.1) is 18.5 Å². The van der Waals surface area contributed by atoms with Crippen molar-refractivity contribution in [3.63, 3.8) is 0 Å². The van der Waals surface area contributed by atoms with E-state index in [1.807, 2.05) is 0 Å². The molecule has 78 valence electrons. The minimum Gasteiger partial charge on any atom is -0.127 e. The highest BCUT2D eigenvalue weighted by molar-refractivity contribution is 7.18. The summed E-state index contributed by atoms with van der Waals surface area (Å²) in [5, 5.41) is 0.317. The number of hydrogen-bond donors (Lipinski definition) is 0. The van der Waals surface area contributed by atoms with E-state index in [1.54, 1.807) is 0 Å². The van der Waals surface area contributed by atoms with Crippen LogP contribution in [0.1, 0.15) is 38.8 Å². The molecule has 0 N–H and O–H groups in total. The third kappa shape index (κ3) is 3.04. The van der Waals surface area contributed by atoms with Gasteiger partial charge >= 0.3 is 0 Å². The summed E-state index contributed by atoms with van der Waals surface area (Å²) in [7, 11) is 5.77. The third-order valence-corrected chi connectivity index (χ3v) is 3.02. The lowest BCUT2D eigenvalue weighted by molar-refractivity contribution is 0.753. The molecular formula is C12H20P2. The van der Waals surface area contributed by atoms with Crippen molar-refractivity contribution in [2.75, 3.05) is 0 Å². The molecule has 0 aliphatic heterocycles. The molecule has 1 aromatic rings. The van der Waals surface area contributed by atoms with Crippen LogP contribution in [0.15, 0.2) is 24.3 Å². The van der Waals surface area contributed by atoms with Gasteiger partial charge in [0.15, 0.2) is 0 Å². The smallest absolute Gasteiger partial charge is 0.00414 e. The number of hydrogen-bond acceptors (Lipinski definition) is 0. The van der Waals surface area contributed by atoms with E-state index in [-0.39, 0.29) is 10.3 Å². The normalized spacial score (nSPS) is 13.0. The summed E-state index contributed by atoms with van der Waals surface area (Å²) in [5.41, 5.74) is 2.74. The summed E-state index contributed by atoms with van der Waals surface area (Å²) in [5.74, 6) is 0. The lowest BCUT2D eigenvalue weighted by atomic mass is 9.95. The highest BCUT2D eigenvalue weighted by atomic mass is 31.0. The summed E-state index contributed by atoms with van der Waals surface area (Å²) in [6.07, 6.45) is 0. The molecular weight excluding hydrogens is 206 g/mol. The molecule has 0 aliphatic carbocycles. The van der Waals surface area contributed by atoms with E-state index in [4.69, 9.17) is 0 Å². The second kappa shape index (κ2) is 3.92. The van der Waals surface area contributed by atoms with Crippen molar-refractivity contribution >= 4 is 18.5 Å². The van der Waals surface area contributed by atoms with E-state index in [0.29, 0.717) is 0 Å². The molecule has 0 fully saturated rings. The molecule has 0 saturated carbocycles. The molecule has 0 heterocycles. The number of rotatable bonds is 2. The summed E-state index contributed by atoms with van der Waals surface area (Å²) >= 11 is 0. The van der Waals surface area contributed by atoms with Crippen LogP contribution in [0.25, 0.3) is 0 Å². The van der Waals surface area contributed by atoms with Crippen LogP contribution in [-0.2, 0) is 10.3 Å². The van der Waals surface area contributed by atoms with Gasteiger partial charge in [-0.2, -0.15) is 0 Å². The first kappa shape index (κ1) is 12.2. The van der Waals surface area contributed by atoms with Gasteiger partial charge in [0.1, 0.15) is 0 Å². The molecule has 0 bridgehead atoms. The second-order valence-corrected chi connectivity index (χ2v) is 7.91. The first-order valence-corrected chi connectivity index (χ1v) is 6.05. The molecule has 0 saturated heterocycles. The van der Waals surface area contributed by atoms with Crippen molar-refractivity contribution in [1.82, 2.24) is 0 Å². The van der Waals surface area contributed by atoms with Crippen LogP contribution >= 0.6 is 18.5 Å². The Morgan fingerprint density at radius 3 is 1.50 bits per heavy atom. The zero-order chi connectivity index (χ0) is 11.0. The van der Waals surface area contributed by atoms with Crippen molar-refractivity contribution in [2.45, 2.75) is 38.0 Å². The van der Waals surface area contributed by atoms with E-state index in [1.165, 1.54) is 11.1 Å². The van der Waals surface area contributed by atoms with Gasteiger partial charge in [-0.1, -0.05) is 52.0 Å². The maximum Gasteiger partial charge on any atom is 0.00414 e. The zero-order valence-electron chi connectivity index (χ0n) is 9.46. The Bertz CT molecular complexity index is 287. The van der Waals surface area contributed by atoms with Gasteiger partial charge in [0.05, 0.1) is 0 Å². The van der Waals surface area contributed by atoms with Crippen LogP contribution in [0.2, 0.25) is 0 Å². The highest BCUT2D eigenvalue weighted by Gasteiger charge is 2.18. The lowest BCUT2D eigenvalue weighted by Gasteiger charge is -2.24. The van der Waals surface area contributed by atoms with E-state index >= 15 is 0 Å². The van der Waals surface area contributed by atoms with E-state index in [0.717, 1.165) is 0 Å². The van der Waals surface area contributed by atoms with Crippen LogP contribution in [0.3, 0.4) is 0 Å². The Morgan fingerprint density at radius 2 is 1.21 bits per heavy atom. The van der Waals surface area contributed by atoms with Crippen LogP contribution in [-0.4, -0.2) is 0 Å². The molecule has 0 nitrogen and oxygen atoms in total. The molecule has 1 aromatic carbocycles. The maximum absolute atomic E-state index is 2.89. The predicted octanol–water partition coefficient (Wildman–Crippen LogP) is 3.91. The molecule has 2 unspecified atom stereocenters. The summed E-state index contributed by atoms with van der Waals surface area (Å²) < 4.78 is 0. The minimum absolute atomic E-state index is 0.159. The number of benzene rings is 1. The van der Waals surface area contributed by atoms with Crippen molar-refractivity contribution in [3.05, 3.63) is 35.4 Å². The topological polar surface area (TPSA) is 0 Å². The molecule has 2 heteroatoms. The first-order valence-electron chi connectivity index (χ1n) is 4.90. The Labute approximate surface area is 92.3 Å². The molecule has 0 amide bonds. The van der Waals surface area contributed by atoms with Gasteiger partial charge in [-0.05, 0) is 11.1 Å². The fourth-order valence-electron chi connectivity index (χ4n) is 1.32. The highest BCUT2D eigenvalue weighted by Crippen LogP contribution is 2.35. The van der Waals surface area contributed by atoms with Crippen molar-refractivity contribution < 1.29 is 0 Å². The first-order chi connectivity index (χ1) is 6.21. The minimum atomic E-state index is 0.159. The molecule has 0 aliphatic rings. The van der Waals surface area contributed by atoms with Gasteiger partial charge in [-0.25, -0.2) is 0 Å². The van der Waals surface area contributed by atoms with E-state index < -0.39 is 0 Å². The fourth-order valence-corrected chi connectivity index (χ4v) is 1.68.